The maximum absolute atomic E-state index is 13.1. The fourth-order valence-corrected chi connectivity index (χ4v) is 6.69. The van der Waals surface area contributed by atoms with Gasteiger partial charge in [-0.1, -0.05) is 48.9 Å². The second-order valence-electron chi connectivity index (χ2n) is 9.11. The molecule has 35 heavy (non-hydrogen) atoms. The fourth-order valence-electron chi connectivity index (χ4n) is 4.63. The number of hydrogen-bond acceptors (Lipinski definition) is 5. The molecule has 10 heteroatoms. The molecule has 2 aromatic rings. The zero-order valence-corrected chi connectivity index (χ0v) is 21.2. The summed E-state index contributed by atoms with van der Waals surface area (Å²) in [7, 11) is -3.72. The van der Waals surface area contributed by atoms with E-state index in [2.05, 4.69) is 10.6 Å². The summed E-state index contributed by atoms with van der Waals surface area (Å²) in [6, 6.07) is 16.7. The molecular formula is C25H32N4O4S2. The normalized spacial score (nSPS) is 21.3. The molecule has 2 aliphatic rings. The highest BCUT2D eigenvalue weighted by Crippen LogP contribution is 2.33. The van der Waals surface area contributed by atoms with E-state index in [4.69, 9.17) is 5.14 Å². The molecule has 0 saturated carbocycles. The Morgan fingerprint density at radius 3 is 2.49 bits per heavy atom. The average molecular weight is 517 g/mol. The number of benzene rings is 2. The third-order valence-corrected chi connectivity index (χ3v) is 9.00. The van der Waals surface area contributed by atoms with Gasteiger partial charge in [0.05, 0.1) is 17.0 Å². The molecule has 2 heterocycles. The first kappa shape index (κ1) is 25.5. The number of thioether (sulfide) groups is 1. The zero-order valence-electron chi connectivity index (χ0n) is 19.6. The summed E-state index contributed by atoms with van der Waals surface area (Å²) in [5.74, 6) is 1.05. The Morgan fingerprint density at radius 1 is 1.03 bits per heavy atom. The highest BCUT2D eigenvalue weighted by Gasteiger charge is 2.42. The third-order valence-electron chi connectivity index (χ3n) is 6.56. The lowest BCUT2D eigenvalue weighted by Gasteiger charge is -2.23. The van der Waals surface area contributed by atoms with Gasteiger partial charge in [0.1, 0.15) is 0 Å². The van der Waals surface area contributed by atoms with Crippen molar-refractivity contribution in [1.82, 2.24) is 15.5 Å². The Morgan fingerprint density at radius 2 is 1.77 bits per heavy atom. The van der Waals surface area contributed by atoms with Crippen molar-refractivity contribution in [2.24, 2.45) is 5.14 Å². The average Bonchev–Trinajstić information content (AvgIpc) is 3.39. The van der Waals surface area contributed by atoms with Gasteiger partial charge in [-0.25, -0.2) is 18.4 Å². The standard InChI is InChI=1S/C25H32N4O4S2/c26-35(32,33)20-12-10-18(11-13-20)14-15-29(16-19-6-2-1-3-7-19)23(30)9-5-4-8-22-24-21(17-34-22)27-25(31)28-24/h1-3,6-7,10-13,21-22,24H,4-5,8-9,14-17H2,(H2,26,32,33)(H2,27,28,31)/t21-,22-,24-/m0/s1. The van der Waals surface area contributed by atoms with Crippen molar-refractivity contribution in [2.45, 2.75) is 60.9 Å². The smallest absolute Gasteiger partial charge is 0.315 e. The summed E-state index contributed by atoms with van der Waals surface area (Å²) in [4.78, 5) is 26.7. The maximum atomic E-state index is 13.1. The minimum atomic E-state index is -3.72. The first-order chi connectivity index (χ1) is 16.8. The van der Waals surface area contributed by atoms with Crippen LogP contribution < -0.4 is 15.8 Å². The van der Waals surface area contributed by atoms with Crippen LogP contribution in [0.3, 0.4) is 0 Å². The Kier molecular flexibility index (Phi) is 8.35. The third kappa shape index (κ3) is 6.99. The van der Waals surface area contributed by atoms with Crippen LogP contribution in [0, 0.1) is 0 Å². The van der Waals surface area contributed by atoms with Gasteiger partial charge in [0.2, 0.25) is 15.9 Å². The molecule has 2 aromatic carbocycles. The van der Waals surface area contributed by atoms with Crippen molar-refractivity contribution in [3.8, 4) is 0 Å². The zero-order chi connectivity index (χ0) is 24.8. The van der Waals surface area contributed by atoms with Crippen molar-refractivity contribution in [3.05, 3.63) is 65.7 Å². The monoisotopic (exact) mass is 516 g/mol. The molecule has 0 spiro atoms. The van der Waals surface area contributed by atoms with E-state index in [-0.39, 0.29) is 28.9 Å². The van der Waals surface area contributed by atoms with Crippen LogP contribution >= 0.6 is 11.8 Å². The molecule has 8 nitrogen and oxygen atoms in total. The Bertz CT molecular complexity index is 1130. The van der Waals surface area contributed by atoms with E-state index >= 15 is 0 Å². The molecule has 2 fully saturated rings. The van der Waals surface area contributed by atoms with E-state index in [0.717, 1.165) is 36.1 Å². The largest absolute Gasteiger partial charge is 0.338 e. The van der Waals surface area contributed by atoms with E-state index in [0.29, 0.717) is 31.2 Å². The molecule has 2 aliphatic heterocycles. The van der Waals surface area contributed by atoms with Crippen LogP contribution in [0.5, 0.6) is 0 Å². The van der Waals surface area contributed by atoms with Crippen LogP contribution in [0.4, 0.5) is 4.79 Å². The van der Waals surface area contributed by atoms with E-state index < -0.39 is 10.0 Å². The molecule has 2 saturated heterocycles. The minimum absolute atomic E-state index is 0.0728. The second-order valence-corrected chi connectivity index (χ2v) is 11.9. The number of nitrogens with two attached hydrogens (primary N) is 1. The van der Waals surface area contributed by atoms with Gasteiger partial charge >= 0.3 is 6.03 Å². The first-order valence-corrected chi connectivity index (χ1v) is 14.5. The molecule has 0 unspecified atom stereocenters. The summed E-state index contributed by atoms with van der Waals surface area (Å²) < 4.78 is 23.0. The molecule has 0 aromatic heterocycles. The lowest BCUT2D eigenvalue weighted by molar-refractivity contribution is -0.131. The molecule has 0 radical (unpaired) electrons. The summed E-state index contributed by atoms with van der Waals surface area (Å²) in [6.45, 7) is 1.08. The van der Waals surface area contributed by atoms with Crippen LogP contribution in [0.2, 0.25) is 0 Å². The van der Waals surface area contributed by atoms with Gasteiger partial charge in [-0.05, 0) is 42.5 Å². The van der Waals surface area contributed by atoms with Crippen LogP contribution in [0.15, 0.2) is 59.5 Å². The number of carbonyl (C=O) groups is 2. The number of primary sulfonamides is 1. The van der Waals surface area contributed by atoms with Gasteiger partial charge in [-0.15, -0.1) is 0 Å². The van der Waals surface area contributed by atoms with Gasteiger partial charge in [-0.2, -0.15) is 11.8 Å². The van der Waals surface area contributed by atoms with Crippen molar-refractivity contribution < 1.29 is 18.0 Å². The van der Waals surface area contributed by atoms with Crippen molar-refractivity contribution in [3.63, 3.8) is 0 Å². The highest BCUT2D eigenvalue weighted by molar-refractivity contribution is 8.00. The predicted octanol–water partition coefficient (Wildman–Crippen LogP) is 2.63. The van der Waals surface area contributed by atoms with Gasteiger partial charge in [-0.3, -0.25) is 4.79 Å². The number of carbonyl (C=O) groups excluding carboxylic acids is 2. The lowest BCUT2D eigenvalue weighted by Crippen LogP contribution is -2.36. The number of unbranched alkanes of at least 4 members (excludes halogenated alkanes) is 1. The molecule has 0 aliphatic carbocycles. The Hall–Kier alpha value is -2.56. The van der Waals surface area contributed by atoms with Gasteiger partial charge in [0.25, 0.3) is 0 Å². The Labute approximate surface area is 211 Å². The second kappa shape index (κ2) is 11.5. The van der Waals surface area contributed by atoms with Crippen molar-refractivity contribution in [2.75, 3.05) is 12.3 Å². The number of nitrogens with one attached hydrogen (secondary N) is 2. The van der Waals surface area contributed by atoms with Crippen molar-refractivity contribution in [1.29, 1.82) is 0 Å². The number of nitrogens with zero attached hydrogens (tertiary/aromatic N) is 1. The predicted molar refractivity (Wildman–Crippen MR) is 137 cm³/mol. The first-order valence-electron chi connectivity index (χ1n) is 11.9. The molecule has 4 N–H and O–H groups in total. The number of sulfonamides is 1. The van der Waals surface area contributed by atoms with Crippen LogP contribution in [0.25, 0.3) is 0 Å². The lowest BCUT2D eigenvalue weighted by atomic mass is 10.0. The van der Waals surface area contributed by atoms with E-state index in [1.54, 1.807) is 12.1 Å². The van der Waals surface area contributed by atoms with Gasteiger partial charge in [0.15, 0.2) is 0 Å². The number of rotatable bonds is 11. The summed E-state index contributed by atoms with van der Waals surface area (Å²) in [5, 5.41) is 11.6. The van der Waals surface area contributed by atoms with Crippen LogP contribution in [0.1, 0.15) is 36.8 Å². The van der Waals surface area contributed by atoms with Crippen LogP contribution in [-0.2, 0) is 27.8 Å². The SMILES string of the molecule is NS(=O)(=O)c1ccc(CCN(Cc2ccccc2)C(=O)CCCC[C@@H]2SC[C@@H]3NC(=O)N[C@@H]32)cc1. The molecule has 3 atom stereocenters. The highest BCUT2D eigenvalue weighted by atomic mass is 32.2. The summed E-state index contributed by atoms with van der Waals surface area (Å²) in [5.41, 5.74) is 2.02. The molecule has 0 bridgehead atoms. The molecular weight excluding hydrogens is 484 g/mol. The molecule has 188 valence electrons. The number of amides is 3. The maximum Gasteiger partial charge on any atom is 0.315 e. The molecule has 3 amide bonds. The Balaban J connectivity index is 1.29. The fraction of sp³-hybridized carbons (Fsp3) is 0.440. The topological polar surface area (TPSA) is 122 Å². The van der Waals surface area contributed by atoms with E-state index in [9.17, 15) is 18.0 Å². The summed E-state index contributed by atoms with van der Waals surface area (Å²) in [6.07, 6.45) is 3.83. The van der Waals surface area contributed by atoms with Crippen molar-refractivity contribution >= 4 is 33.7 Å². The quantitative estimate of drug-likeness (QED) is 0.313. The summed E-state index contributed by atoms with van der Waals surface area (Å²) >= 11 is 1.89. The minimum Gasteiger partial charge on any atom is -0.338 e. The van der Waals surface area contributed by atoms with Gasteiger partial charge in [0, 0.05) is 30.5 Å². The molecule has 4 rings (SSSR count). The van der Waals surface area contributed by atoms with E-state index in [1.165, 1.54) is 12.1 Å². The number of urea groups is 1. The number of hydrogen-bond donors (Lipinski definition) is 3. The van der Waals surface area contributed by atoms with Crippen LogP contribution in [-0.4, -0.2) is 54.9 Å². The number of fused-ring (bicyclic) bond motifs is 1. The van der Waals surface area contributed by atoms with E-state index in [1.807, 2.05) is 47.0 Å². The van der Waals surface area contributed by atoms with Gasteiger partial charge < -0.3 is 15.5 Å².